The molecule has 3 aromatic heterocycles. The largest absolute Gasteiger partial charge is 0.480 e. The molecule has 0 saturated carbocycles. The Balaban J connectivity index is 1.71. The fraction of sp³-hybridized carbons (Fsp3) is 0.182. The molecular formula is C22H18F3N5O2. The minimum absolute atomic E-state index is 0.120. The van der Waals surface area contributed by atoms with Gasteiger partial charge in [0.25, 0.3) is 5.91 Å². The first-order valence-corrected chi connectivity index (χ1v) is 9.48. The predicted molar refractivity (Wildman–Crippen MR) is 112 cm³/mol. The van der Waals surface area contributed by atoms with Crippen molar-refractivity contribution < 1.29 is 22.7 Å². The molecule has 164 valence electrons. The van der Waals surface area contributed by atoms with Gasteiger partial charge in [-0.3, -0.25) is 9.20 Å². The number of halogens is 3. The zero-order chi connectivity index (χ0) is 23.0. The summed E-state index contributed by atoms with van der Waals surface area (Å²) in [7, 11) is 3.05. The lowest BCUT2D eigenvalue weighted by Gasteiger charge is -2.19. The van der Waals surface area contributed by atoms with E-state index in [2.05, 4.69) is 15.0 Å². The first-order chi connectivity index (χ1) is 15.2. The van der Waals surface area contributed by atoms with E-state index in [0.717, 1.165) is 17.7 Å². The minimum atomic E-state index is -4.42. The van der Waals surface area contributed by atoms with Crippen molar-refractivity contribution in [2.75, 3.05) is 19.1 Å². The molecule has 4 rings (SSSR count). The Labute approximate surface area is 181 Å². The van der Waals surface area contributed by atoms with Crippen LogP contribution in [0.5, 0.6) is 5.88 Å². The second-order valence-corrected chi connectivity index (χ2v) is 7.12. The molecule has 3 heterocycles. The van der Waals surface area contributed by atoms with Gasteiger partial charge in [-0.1, -0.05) is 12.1 Å². The van der Waals surface area contributed by atoms with Crippen molar-refractivity contribution >= 4 is 17.2 Å². The van der Waals surface area contributed by atoms with Crippen LogP contribution < -0.4 is 9.64 Å². The average molecular weight is 441 g/mol. The number of amides is 1. The third-order valence-corrected chi connectivity index (χ3v) is 4.95. The van der Waals surface area contributed by atoms with Crippen molar-refractivity contribution in [2.24, 2.45) is 0 Å². The lowest BCUT2D eigenvalue weighted by molar-refractivity contribution is -0.137. The molecule has 0 N–H and O–H groups in total. The molecule has 0 radical (unpaired) electrons. The van der Waals surface area contributed by atoms with Crippen LogP contribution in [-0.4, -0.2) is 39.4 Å². The van der Waals surface area contributed by atoms with E-state index in [1.54, 1.807) is 23.7 Å². The van der Waals surface area contributed by atoms with Crippen LogP contribution in [0, 0.1) is 6.92 Å². The summed E-state index contributed by atoms with van der Waals surface area (Å²) >= 11 is 0. The van der Waals surface area contributed by atoms with E-state index in [9.17, 15) is 18.0 Å². The van der Waals surface area contributed by atoms with Gasteiger partial charge in [0.2, 0.25) is 5.88 Å². The van der Waals surface area contributed by atoms with Crippen LogP contribution >= 0.6 is 0 Å². The van der Waals surface area contributed by atoms with Crippen molar-refractivity contribution in [3.63, 3.8) is 0 Å². The molecule has 0 fully saturated rings. The summed E-state index contributed by atoms with van der Waals surface area (Å²) in [5, 5.41) is 0. The van der Waals surface area contributed by atoms with E-state index >= 15 is 0 Å². The maximum Gasteiger partial charge on any atom is 0.416 e. The van der Waals surface area contributed by atoms with Crippen molar-refractivity contribution in [3.05, 3.63) is 71.9 Å². The van der Waals surface area contributed by atoms with Gasteiger partial charge in [-0.15, -0.1) is 0 Å². The topological polar surface area (TPSA) is 72.6 Å². The third-order valence-electron chi connectivity index (χ3n) is 4.95. The molecule has 1 aromatic carbocycles. The summed E-state index contributed by atoms with van der Waals surface area (Å²) in [6.07, 6.45) is 1.67. The zero-order valence-electron chi connectivity index (χ0n) is 17.4. The average Bonchev–Trinajstić information content (AvgIpc) is 3.20. The van der Waals surface area contributed by atoms with E-state index < -0.39 is 17.6 Å². The van der Waals surface area contributed by atoms with E-state index in [0.29, 0.717) is 28.5 Å². The van der Waals surface area contributed by atoms with Crippen LogP contribution in [0.2, 0.25) is 0 Å². The Morgan fingerprint density at radius 2 is 1.78 bits per heavy atom. The molecule has 0 atom stereocenters. The normalized spacial score (nSPS) is 11.6. The van der Waals surface area contributed by atoms with Gasteiger partial charge in [0.15, 0.2) is 5.65 Å². The summed E-state index contributed by atoms with van der Waals surface area (Å²) < 4.78 is 45.5. The van der Waals surface area contributed by atoms with E-state index in [-0.39, 0.29) is 5.69 Å². The van der Waals surface area contributed by atoms with Crippen LogP contribution in [0.3, 0.4) is 0 Å². The smallest absolute Gasteiger partial charge is 0.416 e. The highest BCUT2D eigenvalue weighted by atomic mass is 19.4. The van der Waals surface area contributed by atoms with Crippen LogP contribution in [0.1, 0.15) is 21.6 Å². The molecular weight excluding hydrogens is 423 g/mol. The van der Waals surface area contributed by atoms with Gasteiger partial charge in [0.05, 0.1) is 30.8 Å². The van der Waals surface area contributed by atoms with Crippen LogP contribution in [-0.2, 0) is 6.18 Å². The first-order valence-electron chi connectivity index (χ1n) is 9.48. The number of anilines is 1. The fourth-order valence-electron chi connectivity index (χ4n) is 3.26. The maximum absolute atomic E-state index is 13.1. The second kappa shape index (κ2) is 7.95. The molecule has 10 heteroatoms. The van der Waals surface area contributed by atoms with E-state index in [4.69, 9.17) is 4.74 Å². The summed E-state index contributed by atoms with van der Waals surface area (Å²) in [6.45, 7) is 1.85. The van der Waals surface area contributed by atoms with Gasteiger partial charge in [-0.25, -0.2) is 15.0 Å². The van der Waals surface area contributed by atoms with Crippen molar-refractivity contribution in [1.29, 1.82) is 0 Å². The van der Waals surface area contributed by atoms with Gasteiger partial charge in [-0.05, 0) is 30.7 Å². The number of hydrogen-bond acceptors (Lipinski definition) is 5. The SMILES string of the molecule is COc1ncc(C)cc1N(C)C(=O)c1cn2c(-c3ccc(C(F)(F)F)cc3)cnc2cn1. The standard InChI is InChI=1S/C22H18F3N5O2/c1-13-8-17(20(32-3)28-9-13)29(2)21(31)16-12-30-18(10-27-19(30)11-26-16)14-4-6-15(7-5-14)22(23,24)25/h4-12H,1-3H3. The number of alkyl halides is 3. The molecule has 1 amide bonds. The highest BCUT2D eigenvalue weighted by Crippen LogP contribution is 2.31. The molecule has 0 aliphatic heterocycles. The van der Waals surface area contributed by atoms with E-state index in [1.807, 2.05) is 6.92 Å². The summed E-state index contributed by atoms with van der Waals surface area (Å²) in [4.78, 5) is 27.1. The van der Waals surface area contributed by atoms with Gasteiger partial charge < -0.3 is 9.64 Å². The molecule has 0 aliphatic carbocycles. The van der Waals surface area contributed by atoms with E-state index in [1.165, 1.54) is 42.7 Å². The summed E-state index contributed by atoms with van der Waals surface area (Å²) in [5.41, 5.74) is 2.21. The number of benzene rings is 1. The van der Waals surface area contributed by atoms with Gasteiger partial charge in [-0.2, -0.15) is 13.2 Å². The Bertz CT molecular complexity index is 1300. The zero-order valence-corrected chi connectivity index (χ0v) is 17.4. The molecule has 7 nitrogen and oxygen atoms in total. The highest BCUT2D eigenvalue weighted by molar-refractivity contribution is 6.05. The molecule has 0 saturated heterocycles. The lowest BCUT2D eigenvalue weighted by Crippen LogP contribution is -2.28. The van der Waals surface area contributed by atoms with Gasteiger partial charge in [0.1, 0.15) is 11.4 Å². The van der Waals surface area contributed by atoms with Gasteiger partial charge >= 0.3 is 6.18 Å². The number of nitrogens with zero attached hydrogens (tertiary/aromatic N) is 5. The number of carbonyl (C=O) groups excluding carboxylic acids is 1. The molecule has 0 aliphatic rings. The number of fused-ring (bicyclic) bond motifs is 1. The van der Waals surface area contributed by atoms with Crippen molar-refractivity contribution in [3.8, 4) is 17.1 Å². The van der Waals surface area contributed by atoms with Crippen LogP contribution in [0.25, 0.3) is 16.9 Å². The number of aryl methyl sites for hydroxylation is 1. The number of methoxy groups -OCH3 is 1. The Kier molecular flexibility index (Phi) is 5.29. The Morgan fingerprint density at radius 3 is 2.44 bits per heavy atom. The number of hydrogen-bond donors (Lipinski definition) is 0. The molecule has 0 bridgehead atoms. The predicted octanol–water partition coefficient (Wildman–Crippen LogP) is 4.40. The molecule has 0 spiro atoms. The first kappa shape index (κ1) is 21.3. The maximum atomic E-state index is 13.1. The van der Waals surface area contributed by atoms with Crippen LogP contribution in [0.4, 0.5) is 18.9 Å². The number of imidazole rings is 1. The summed E-state index contributed by atoms with van der Waals surface area (Å²) in [5.74, 6) is -0.120. The number of aromatic nitrogens is 4. The number of carbonyl (C=O) groups is 1. The Hall–Kier alpha value is -3.95. The third kappa shape index (κ3) is 3.86. The monoisotopic (exact) mass is 441 g/mol. The van der Waals surface area contributed by atoms with Gasteiger partial charge in [0, 0.05) is 25.0 Å². The molecule has 4 aromatic rings. The molecule has 0 unspecified atom stereocenters. The summed E-state index contributed by atoms with van der Waals surface area (Å²) in [6, 6.07) is 6.51. The highest BCUT2D eigenvalue weighted by Gasteiger charge is 2.30. The number of pyridine rings is 1. The number of ether oxygens (including phenoxy) is 1. The lowest BCUT2D eigenvalue weighted by atomic mass is 10.1. The molecule has 32 heavy (non-hydrogen) atoms. The van der Waals surface area contributed by atoms with Crippen LogP contribution in [0.15, 0.2) is 55.1 Å². The second-order valence-electron chi connectivity index (χ2n) is 7.12. The Morgan fingerprint density at radius 1 is 1.06 bits per heavy atom. The quantitative estimate of drug-likeness (QED) is 0.469. The fourth-order valence-corrected chi connectivity index (χ4v) is 3.26. The minimum Gasteiger partial charge on any atom is -0.480 e. The number of rotatable bonds is 4. The van der Waals surface area contributed by atoms with Crippen molar-refractivity contribution in [2.45, 2.75) is 13.1 Å². The van der Waals surface area contributed by atoms with Crippen molar-refractivity contribution in [1.82, 2.24) is 19.4 Å².